The van der Waals surface area contributed by atoms with E-state index in [0.29, 0.717) is 10.6 Å². The number of nitrogens with zero attached hydrogens (tertiary/aromatic N) is 1. The van der Waals surface area contributed by atoms with Gasteiger partial charge in [-0.05, 0) is 29.8 Å². The van der Waals surface area contributed by atoms with E-state index in [0.717, 1.165) is 10.9 Å². The highest BCUT2D eigenvalue weighted by Crippen LogP contribution is 2.30. The average Bonchev–Trinajstić information content (AvgIpc) is 2.99. The van der Waals surface area contributed by atoms with E-state index in [1.165, 1.54) is 11.6 Å². The molecule has 2 unspecified atom stereocenters. The first-order valence-electron chi connectivity index (χ1n) is 7.00. The lowest BCUT2D eigenvalue weighted by molar-refractivity contribution is 0.474. The molecule has 23 heavy (non-hydrogen) atoms. The molecular weight excluding hydrogens is 401 g/mol. The van der Waals surface area contributed by atoms with E-state index in [1.807, 2.05) is 12.1 Å². The summed E-state index contributed by atoms with van der Waals surface area (Å²) in [5.74, 6) is -0.0183. The molecule has 1 aliphatic heterocycles. The zero-order valence-electron chi connectivity index (χ0n) is 11.9. The van der Waals surface area contributed by atoms with Crippen LogP contribution in [0.15, 0.2) is 45.9 Å². The summed E-state index contributed by atoms with van der Waals surface area (Å²) < 4.78 is 1.05. The summed E-state index contributed by atoms with van der Waals surface area (Å²) in [6, 6.07) is 11.5. The average molecular weight is 415 g/mol. The number of hydrogen-bond acceptors (Lipinski definition) is 4. The summed E-state index contributed by atoms with van der Waals surface area (Å²) in [6.07, 6.45) is 2.28. The second kappa shape index (κ2) is 7.20. The number of phenolic OH excluding ortho intramolecular Hbond substituents is 1. The topological polar surface area (TPSA) is 56.7 Å². The fraction of sp³-hybridized carbons (Fsp3) is 0.188. The molecule has 0 aromatic heterocycles. The summed E-state index contributed by atoms with van der Waals surface area (Å²) in [5.41, 5.74) is 8.04. The van der Waals surface area contributed by atoms with Gasteiger partial charge in [-0.25, -0.2) is 10.9 Å². The molecule has 1 saturated heterocycles. The zero-order valence-corrected chi connectivity index (χ0v) is 15.0. The van der Waals surface area contributed by atoms with Crippen LogP contribution in [0.2, 0.25) is 10.0 Å². The van der Waals surface area contributed by atoms with E-state index in [4.69, 9.17) is 23.2 Å². The Kier molecular flexibility index (Phi) is 5.24. The normalized spacial score (nSPS) is 21.2. The van der Waals surface area contributed by atoms with Crippen LogP contribution in [0.25, 0.3) is 0 Å². The Balaban J connectivity index is 1.69. The maximum absolute atomic E-state index is 9.93. The molecule has 120 valence electrons. The van der Waals surface area contributed by atoms with Crippen molar-refractivity contribution in [2.24, 2.45) is 4.99 Å². The van der Waals surface area contributed by atoms with Crippen molar-refractivity contribution in [2.45, 2.75) is 18.6 Å². The number of aliphatic imine (C=N–C) groups is 1. The minimum atomic E-state index is -0.0965. The van der Waals surface area contributed by atoms with Crippen molar-refractivity contribution in [1.82, 2.24) is 10.9 Å². The fourth-order valence-electron chi connectivity index (χ4n) is 2.41. The standard InChI is InChI=1S/C16H14BrCl2N3O/c17-11-3-1-9(2-4-11)14-7-15(22-21-14)20-8-10-5-12(18)6-13(19)16(10)23/h1-6,8,14-15,21-23H,7H2/b20-8+. The van der Waals surface area contributed by atoms with E-state index in [2.05, 4.69) is 43.9 Å². The minimum absolute atomic E-state index is 0.0183. The van der Waals surface area contributed by atoms with E-state index in [-0.39, 0.29) is 23.0 Å². The molecule has 0 aliphatic carbocycles. The molecular formula is C16H14BrCl2N3O. The number of hydrazine groups is 1. The molecule has 3 N–H and O–H groups in total. The monoisotopic (exact) mass is 413 g/mol. The maximum atomic E-state index is 9.93. The van der Waals surface area contributed by atoms with Crippen molar-refractivity contribution in [3.05, 3.63) is 62.0 Å². The van der Waals surface area contributed by atoms with Crippen LogP contribution in [-0.4, -0.2) is 17.5 Å². The van der Waals surface area contributed by atoms with E-state index < -0.39 is 0 Å². The Morgan fingerprint density at radius 2 is 1.91 bits per heavy atom. The second-order valence-electron chi connectivity index (χ2n) is 5.25. The first-order valence-corrected chi connectivity index (χ1v) is 8.55. The first kappa shape index (κ1) is 16.7. The van der Waals surface area contributed by atoms with Crippen molar-refractivity contribution in [2.75, 3.05) is 0 Å². The molecule has 7 heteroatoms. The number of phenols is 1. The third-order valence-corrected chi connectivity index (χ3v) is 4.64. The van der Waals surface area contributed by atoms with Gasteiger partial charge in [0.05, 0.1) is 5.02 Å². The van der Waals surface area contributed by atoms with E-state index >= 15 is 0 Å². The van der Waals surface area contributed by atoms with Gasteiger partial charge >= 0.3 is 0 Å². The van der Waals surface area contributed by atoms with Crippen LogP contribution in [0.5, 0.6) is 5.75 Å². The third kappa shape index (κ3) is 4.05. The van der Waals surface area contributed by atoms with Gasteiger partial charge in [0.2, 0.25) is 0 Å². The minimum Gasteiger partial charge on any atom is -0.506 e. The Hall–Kier alpha value is -1.11. The molecule has 4 nitrogen and oxygen atoms in total. The summed E-state index contributed by atoms with van der Waals surface area (Å²) in [5, 5.41) is 10.6. The van der Waals surface area contributed by atoms with Gasteiger partial charge in [0.1, 0.15) is 11.9 Å². The zero-order chi connectivity index (χ0) is 16.4. The molecule has 1 aliphatic rings. The van der Waals surface area contributed by atoms with Gasteiger partial charge in [0.15, 0.2) is 0 Å². The van der Waals surface area contributed by atoms with E-state index in [9.17, 15) is 5.11 Å². The summed E-state index contributed by atoms with van der Waals surface area (Å²) in [7, 11) is 0. The molecule has 0 spiro atoms. The van der Waals surface area contributed by atoms with Crippen molar-refractivity contribution in [3.63, 3.8) is 0 Å². The smallest absolute Gasteiger partial charge is 0.143 e. The maximum Gasteiger partial charge on any atom is 0.143 e. The number of benzene rings is 2. The Labute approximate surface area is 152 Å². The number of aromatic hydroxyl groups is 1. The van der Waals surface area contributed by atoms with Crippen LogP contribution in [0.4, 0.5) is 0 Å². The highest BCUT2D eigenvalue weighted by atomic mass is 79.9. The molecule has 1 fully saturated rings. The Morgan fingerprint density at radius 3 is 2.65 bits per heavy atom. The van der Waals surface area contributed by atoms with Crippen LogP contribution >= 0.6 is 39.1 Å². The lowest BCUT2D eigenvalue weighted by Gasteiger charge is -2.08. The van der Waals surface area contributed by atoms with Crippen LogP contribution in [0.3, 0.4) is 0 Å². The molecule has 2 atom stereocenters. The second-order valence-corrected chi connectivity index (χ2v) is 7.01. The Morgan fingerprint density at radius 1 is 1.17 bits per heavy atom. The first-order chi connectivity index (χ1) is 11.0. The number of nitrogens with one attached hydrogen (secondary N) is 2. The highest BCUT2D eigenvalue weighted by molar-refractivity contribution is 9.10. The largest absolute Gasteiger partial charge is 0.506 e. The molecule has 0 radical (unpaired) electrons. The molecule has 3 rings (SSSR count). The molecule has 2 aromatic carbocycles. The van der Waals surface area contributed by atoms with Crippen LogP contribution < -0.4 is 10.9 Å². The quantitative estimate of drug-likeness (QED) is 0.650. The van der Waals surface area contributed by atoms with Gasteiger partial charge in [-0.2, -0.15) is 0 Å². The molecule has 0 saturated carbocycles. The van der Waals surface area contributed by atoms with Gasteiger partial charge in [-0.3, -0.25) is 4.99 Å². The van der Waals surface area contributed by atoms with Crippen LogP contribution in [0.1, 0.15) is 23.6 Å². The van der Waals surface area contributed by atoms with Crippen LogP contribution in [0, 0.1) is 0 Å². The molecule has 0 bridgehead atoms. The predicted octanol–water partition coefficient (Wildman–Crippen LogP) is 4.45. The van der Waals surface area contributed by atoms with Crippen molar-refractivity contribution >= 4 is 45.3 Å². The number of hydrogen-bond donors (Lipinski definition) is 3. The van der Waals surface area contributed by atoms with Crippen molar-refractivity contribution in [3.8, 4) is 5.75 Å². The summed E-state index contributed by atoms with van der Waals surface area (Å²) in [4.78, 5) is 4.44. The fourth-order valence-corrected chi connectivity index (χ4v) is 3.18. The lowest BCUT2D eigenvalue weighted by atomic mass is 10.0. The van der Waals surface area contributed by atoms with E-state index in [1.54, 1.807) is 12.3 Å². The molecule has 2 aromatic rings. The van der Waals surface area contributed by atoms with Crippen LogP contribution in [-0.2, 0) is 0 Å². The van der Waals surface area contributed by atoms with Gasteiger partial charge in [-0.1, -0.05) is 51.3 Å². The third-order valence-electron chi connectivity index (χ3n) is 3.61. The number of halogens is 3. The van der Waals surface area contributed by atoms with Gasteiger partial charge < -0.3 is 5.11 Å². The molecule has 1 heterocycles. The van der Waals surface area contributed by atoms with Crippen molar-refractivity contribution in [1.29, 1.82) is 0 Å². The highest BCUT2D eigenvalue weighted by Gasteiger charge is 2.24. The predicted molar refractivity (Wildman–Crippen MR) is 97.3 cm³/mol. The van der Waals surface area contributed by atoms with Gasteiger partial charge in [-0.15, -0.1) is 0 Å². The summed E-state index contributed by atoms with van der Waals surface area (Å²) >= 11 is 15.3. The van der Waals surface area contributed by atoms with Crippen molar-refractivity contribution < 1.29 is 5.11 Å². The SMILES string of the molecule is Oc1c(Cl)cc(Cl)cc1/C=N/C1CC(c2ccc(Br)cc2)NN1. The van der Waals surface area contributed by atoms with Gasteiger partial charge in [0, 0.05) is 33.7 Å². The summed E-state index contributed by atoms with van der Waals surface area (Å²) in [6.45, 7) is 0. The van der Waals surface area contributed by atoms with Gasteiger partial charge in [0.25, 0.3) is 0 Å². The Bertz CT molecular complexity index is 737. The number of rotatable bonds is 3. The molecule has 0 amide bonds. The lowest BCUT2D eigenvalue weighted by Crippen LogP contribution is -2.29.